The lowest BCUT2D eigenvalue weighted by Gasteiger charge is -2.15. The minimum atomic E-state index is -0.459. The summed E-state index contributed by atoms with van der Waals surface area (Å²) in [5.41, 5.74) is 7.83. The van der Waals surface area contributed by atoms with Gasteiger partial charge < -0.3 is 9.88 Å². The summed E-state index contributed by atoms with van der Waals surface area (Å²) in [6.07, 6.45) is 1.64. The number of carbonyl (C=O) groups is 1. The number of benzene rings is 2. The molecule has 0 aliphatic heterocycles. The van der Waals surface area contributed by atoms with Gasteiger partial charge in [0.05, 0.1) is 5.69 Å². The summed E-state index contributed by atoms with van der Waals surface area (Å²) in [7, 11) is 0. The van der Waals surface area contributed by atoms with Crippen LogP contribution in [0.3, 0.4) is 0 Å². The molecule has 1 N–H and O–H groups in total. The molecule has 3 aromatic rings. The van der Waals surface area contributed by atoms with Crippen LogP contribution in [0.5, 0.6) is 0 Å². The van der Waals surface area contributed by atoms with Gasteiger partial charge in [-0.25, -0.2) is 0 Å². The van der Waals surface area contributed by atoms with Gasteiger partial charge in [-0.05, 0) is 81.1 Å². The molecule has 0 spiro atoms. The molecule has 0 unspecified atom stereocenters. The van der Waals surface area contributed by atoms with Gasteiger partial charge in [0.2, 0.25) is 0 Å². The van der Waals surface area contributed by atoms with E-state index in [1.165, 1.54) is 11.1 Å². The summed E-state index contributed by atoms with van der Waals surface area (Å²) in [6.45, 7) is 10.1. The number of halogens is 1. The van der Waals surface area contributed by atoms with Crippen molar-refractivity contribution in [2.75, 3.05) is 5.32 Å². The normalized spacial score (nSPS) is 11.3. The lowest BCUT2D eigenvalue weighted by atomic mass is 10.1. The highest BCUT2D eigenvalue weighted by Crippen LogP contribution is 2.27. The minimum Gasteiger partial charge on any atom is -0.321 e. The van der Waals surface area contributed by atoms with E-state index in [9.17, 15) is 10.1 Å². The van der Waals surface area contributed by atoms with E-state index in [4.69, 9.17) is 11.6 Å². The maximum Gasteiger partial charge on any atom is 0.266 e. The van der Waals surface area contributed by atoms with Crippen molar-refractivity contribution >= 4 is 29.3 Å². The third-order valence-electron chi connectivity index (χ3n) is 5.25. The molecule has 0 aliphatic rings. The number of aromatic nitrogens is 1. The largest absolute Gasteiger partial charge is 0.321 e. The Morgan fingerprint density at radius 2 is 1.70 bits per heavy atom. The van der Waals surface area contributed by atoms with E-state index in [0.29, 0.717) is 10.7 Å². The number of nitriles is 1. The van der Waals surface area contributed by atoms with Crippen molar-refractivity contribution in [3.8, 4) is 11.8 Å². The number of nitrogens with zero attached hydrogens (tertiary/aromatic N) is 2. The number of rotatable bonds is 4. The standard InChI is InChI=1S/C25H24ClN3O/c1-15-9-10-22(26)13-23(15)28-25(30)21(14-27)12-20-11-18(4)29(19(20)5)24-16(2)7-6-8-17(24)3/h6-13H,1-5H3,(H,28,30)/b21-12+. The Hall–Kier alpha value is -3.29. The van der Waals surface area contributed by atoms with Crippen molar-refractivity contribution < 1.29 is 4.79 Å². The number of aryl methyl sites for hydroxylation is 4. The van der Waals surface area contributed by atoms with Crippen molar-refractivity contribution in [3.05, 3.63) is 86.7 Å². The maximum absolute atomic E-state index is 12.7. The Morgan fingerprint density at radius 1 is 1.03 bits per heavy atom. The lowest BCUT2D eigenvalue weighted by molar-refractivity contribution is -0.112. The first-order chi connectivity index (χ1) is 14.2. The van der Waals surface area contributed by atoms with Crippen molar-refractivity contribution in [2.45, 2.75) is 34.6 Å². The summed E-state index contributed by atoms with van der Waals surface area (Å²) >= 11 is 6.03. The van der Waals surface area contributed by atoms with Crippen molar-refractivity contribution in [1.82, 2.24) is 4.57 Å². The molecule has 1 amide bonds. The molecular formula is C25H24ClN3O. The Morgan fingerprint density at radius 3 is 2.33 bits per heavy atom. The molecule has 5 heteroatoms. The molecule has 1 heterocycles. The first-order valence-corrected chi connectivity index (χ1v) is 10.1. The minimum absolute atomic E-state index is 0.0381. The fraction of sp³-hybridized carbons (Fsp3) is 0.200. The van der Waals surface area contributed by atoms with Gasteiger partial charge >= 0.3 is 0 Å². The highest BCUT2D eigenvalue weighted by atomic mass is 35.5. The van der Waals surface area contributed by atoms with Crippen LogP contribution in [-0.2, 0) is 4.79 Å². The first-order valence-electron chi connectivity index (χ1n) is 9.67. The van der Waals surface area contributed by atoms with Gasteiger partial charge in [-0.2, -0.15) is 5.26 Å². The highest BCUT2D eigenvalue weighted by molar-refractivity contribution is 6.31. The molecule has 1 aromatic heterocycles. The summed E-state index contributed by atoms with van der Waals surface area (Å²) < 4.78 is 2.17. The van der Waals surface area contributed by atoms with Gasteiger partial charge in [0, 0.05) is 22.1 Å². The number of hydrogen-bond acceptors (Lipinski definition) is 2. The van der Waals surface area contributed by atoms with Gasteiger partial charge in [-0.1, -0.05) is 35.9 Å². The van der Waals surface area contributed by atoms with Gasteiger partial charge in [0.15, 0.2) is 0 Å². The molecule has 2 aromatic carbocycles. The number of carbonyl (C=O) groups excluding carboxylic acids is 1. The topological polar surface area (TPSA) is 57.8 Å². The second-order valence-corrected chi connectivity index (χ2v) is 7.92. The van der Waals surface area contributed by atoms with Gasteiger partial charge in [0.25, 0.3) is 5.91 Å². The summed E-state index contributed by atoms with van der Waals surface area (Å²) in [6, 6.07) is 15.5. The number of anilines is 1. The second kappa shape index (κ2) is 8.61. The van der Waals surface area contributed by atoms with E-state index in [2.05, 4.69) is 35.9 Å². The fourth-order valence-corrected chi connectivity index (χ4v) is 3.83. The number of amides is 1. The van der Waals surface area contributed by atoms with Crippen molar-refractivity contribution in [3.63, 3.8) is 0 Å². The molecule has 0 fully saturated rings. The molecule has 0 aliphatic carbocycles. The van der Waals surface area contributed by atoms with Gasteiger partial charge in [-0.15, -0.1) is 0 Å². The predicted octanol–water partition coefficient (Wildman–Crippen LogP) is 6.22. The fourth-order valence-electron chi connectivity index (χ4n) is 3.66. The van der Waals surface area contributed by atoms with E-state index in [0.717, 1.165) is 28.2 Å². The van der Waals surface area contributed by atoms with Crippen LogP contribution >= 0.6 is 11.6 Å². The molecule has 0 bridgehead atoms. The average Bonchev–Trinajstić information content (AvgIpc) is 2.96. The molecule has 0 atom stereocenters. The molecule has 3 rings (SSSR count). The Kier molecular flexibility index (Phi) is 6.14. The van der Waals surface area contributed by atoms with Crippen LogP contribution in [0.1, 0.15) is 33.6 Å². The Balaban J connectivity index is 2.00. The predicted molar refractivity (Wildman–Crippen MR) is 123 cm³/mol. The molecule has 0 saturated carbocycles. The quantitative estimate of drug-likeness (QED) is 0.404. The zero-order valence-corrected chi connectivity index (χ0v) is 18.6. The van der Waals surface area contributed by atoms with Crippen LogP contribution < -0.4 is 5.32 Å². The third-order valence-corrected chi connectivity index (χ3v) is 5.48. The summed E-state index contributed by atoms with van der Waals surface area (Å²) in [5.74, 6) is -0.459. The molecule has 0 saturated heterocycles. The smallest absolute Gasteiger partial charge is 0.266 e. The van der Waals surface area contributed by atoms with E-state index in [1.807, 2.05) is 45.0 Å². The van der Waals surface area contributed by atoms with E-state index < -0.39 is 5.91 Å². The van der Waals surface area contributed by atoms with E-state index in [1.54, 1.807) is 18.2 Å². The summed E-state index contributed by atoms with van der Waals surface area (Å²) in [5, 5.41) is 12.9. The molecular weight excluding hydrogens is 394 g/mol. The van der Waals surface area contributed by atoms with Crippen LogP contribution in [0.4, 0.5) is 5.69 Å². The van der Waals surface area contributed by atoms with E-state index >= 15 is 0 Å². The first kappa shape index (κ1) is 21.4. The second-order valence-electron chi connectivity index (χ2n) is 7.49. The third kappa shape index (κ3) is 4.17. The maximum atomic E-state index is 12.7. The van der Waals surface area contributed by atoms with Crippen LogP contribution in [0.15, 0.2) is 48.0 Å². The van der Waals surface area contributed by atoms with E-state index in [-0.39, 0.29) is 5.57 Å². The SMILES string of the molecule is Cc1ccc(Cl)cc1NC(=O)/C(C#N)=C/c1cc(C)n(-c2c(C)cccc2C)c1C. The Bertz CT molecular complexity index is 1190. The number of hydrogen-bond donors (Lipinski definition) is 1. The van der Waals surface area contributed by atoms with Crippen LogP contribution in [0.25, 0.3) is 11.8 Å². The highest BCUT2D eigenvalue weighted by Gasteiger charge is 2.16. The van der Waals surface area contributed by atoms with Crippen molar-refractivity contribution in [1.29, 1.82) is 5.26 Å². The molecule has 152 valence electrons. The average molecular weight is 418 g/mol. The van der Waals surface area contributed by atoms with Crippen LogP contribution in [0, 0.1) is 45.9 Å². The number of nitrogens with one attached hydrogen (secondary N) is 1. The van der Waals surface area contributed by atoms with Gasteiger partial charge in [0.1, 0.15) is 11.6 Å². The lowest BCUT2D eigenvalue weighted by Crippen LogP contribution is -2.14. The molecule has 4 nitrogen and oxygen atoms in total. The molecule has 30 heavy (non-hydrogen) atoms. The van der Waals surface area contributed by atoms with Crippen molar-refractivity contribution in [2.24, 2.45) is 0 Å². The molecule has 0 radical (unpaired) electrons. The summed E-state index contributed by atoms with van der Waals surface area (Å²) in [4.78, 5) is 12.7. The monoisotopic (exact) mass is 417 g/mol. The Labute approximate surface area is 182 Å². The van der Waals surface area contributed by atoms with Crippen LogP contribution in [0.2, 0.25) is 5.02 Å². The van der Waals surface area contributed by atoms with Crippen LogP contribution in [-0.4, -0.2) is 10.5 Å². The zero-order valence-electron chi connectivity index (χ0n) is 17.8. The van der Waals surface area contributed by atoms with Gasteiger partial charge in [-0.3, -0.25) is 4.79 Å². The number of para-hydroxylation sites is 1. The zero-order chi connectivity index (χ0) is 22.0.